The van der Waals surface area contributed by atoms with E-state index in [1.54, 1.807) is 0 Å². The summed E-state index contributed by atoms with van der Waals surface area (Å²) in [6.07, 6.45) is 3.22. The molecule has 2 fully saturated rings. The Morgan fingerprint density at radius 2 is 1.79 bits per heavy atom. The van der Waals surface area contributed by atoms with Crippen molar-refractivity contribution in [2.24, 2.45) is 5.41 Å². The summed E-state index contributed by atoms with van der Waals surface area (Å²) in [5, 5.41) is 1.03. The number of alkyl halides is 2. The second-order valence-electron chi connectivity index (χ2n) is 12.6. The molecule has 1 saturated heterocycles. The number of fused-ring (bicyclic) bond motifs is 3. The molecule has 0 unspecified atom stereocenters. The molecular formula is C31H37F4N3O. The fourth-order valence-corrected chi connectivity index (χ4v) is 6.65. The molecule has 8 heteroatoms. The Morgan fingerprint density at radius 3 is 2.44 bits per heavy atom. The van der Waals surface area contributed by atoms with Crippen LogP contribution in [0.15, 0.2) is 36.4 Å². The highest BCUT2D eigenvalue weighted by atomic mass is 19.1. The smallest absolute Gasteiger partial charge is 0.135 e. The van der Waals surface area contributed by atoms with Crippen LogP contribution < -0.4 is 4.74 Å². The predicted molar refractivity (Wildman–Crippen MR) is 145 cm³/mol. The first-order valence-electron chi connectivity index (χ1n) is 14.0. The summed E-state index contributed by atoms with van der Waals surface area (Å²) < 4.78 is 65.4. The van der Waals surface area contributed by atoms with Crippen LogP contribution in [0, 0.1) is 17.0 Å². The lowest BCUT2D eigenvalue weighted by molar-refractivity contribution is 0.00516. The van der Waals surface area contributed by atoms with E-state index in [9.17, 15) is 8.78 Å². The number of rotatable bonds is 9. The SMILES string of the molecule is C[C@@H]1Cc2c([nH]c3ccccc23)[C@@H](c2c(F)cc(OC3CN(CC4(CCF)CC4)C3)cc2F)N1CC(C)(C)F. The fourth-order valence-electron chi connectivity index (χ4n) is 6.65. The van der Waals surface area contributed by atoms with E-state index in [0.29, 0.717) is 31.6 Å². The van der Waals surface area contributed by atoms with Crippen LogP contribution in [0.5, 0.6) is 5.75 Å². The molecule has 1 saturated carbocycles. The van der Waals surface area contributed by atoms with Crippen LogP contribution >= 0.6 is 0 Å². The molecule has 1 aromatic heterocycles. The highest BCUT2D eigenvalue weighted by Gasteiger charge is 2.46. The highest BCUT2D eigenvalue weighted by Crippen LogP contribution is 2.50. The zero-order chi connectivity index (χ0) is 27.5. The summed E-state index contributed by atoms with van der Waals surface area (Å²) in [4.78, 5) is 7.50. The van der Waals surface area contributed by atoms with Gasteiger partial charge in [-0.25, -0.2) is 13.2 Å². The molecule has 0 spiro atoms. The number of aromatic nitrogens is 1. The number of aromatic amines is 1. The molecule has 1 aliphatic carbocycles. The molecule has 2 aliphatic heterocycles. The van der Waals surface area contributed by atoms with Crippen LogP contribution in [-0.4, -0.2) is 65.5 Å². The lowest BCUT2D eigenvalue weighted by Crippen LogP contribution is -2.55. The number of likely N-dealkylation sites (tertiary alicyclic amines) is 1. The lowest BCUT2D eigenvalue weighted by Gasteiger charge is -2.43. The van der Waals surface area contributed by atoms with Crippen LogP contribution in [0.1, 0.15) is 62.9 Å². The van der Waals surface area contributed by atoms with Crippen LogP contribution in [0.2, 0.25) is 0 Å². The number of para-hydroxylation sites is 1. The maximum atomic E-state index is 15.8. The number of benzene rings is 2. The lowest BCUT2D eigenvalue weighted by atomic mass is 9.87. The Hall–Kier alpha value is -2.58. The van der Waals surface area contributed by atoms with Gasteiger partial charge in [-0.2, -0.15) is 0 Å². The normalized spacial score (nSPS) is 23.6. The van der Waals surface area contributed by atoms with Gasteiger partial charge >= 0.3 is 0 Å². The molecule has 0 amide bonds. The monoisotopic (exact) mass is 543 g/mol. The Labute approximate surface area is 227 Å². The molecule has 1 N–H and O–H groups in total. The van der Waals surface area contributed by atoms with E-state index in [0.717, 1.165) is 35.9 Å². The van der Waals surface area contributed by atoms with Crippen LogP contribution in [0.4, 0.5) is 17.6 Å². The second-order valence-corrected chi connectivity index (χ2v) is 12.6. The van der Waals surface area contributed by atoms with Crippen LogP contribution in [0.3, 0.4) is 0 Å². The predicted octanol–water partition coefficient (Wildman–Crippen LogP) is 6.73. The molecule has 0 radical (unpaired) electrons. The molecule has 4 nitrogen and oxygen atoms in total. The van der Waals surface area contributed by atoms with Gasteiger partial charge in [-0.15, -0.1) is 0 Å². The Bertz CT molecular complexity index is 1330. The Balaban J connectivity index is 1.27. The van der Waals surface area contributed by atoms with E-state index in [1.807, 2.05) is 36.1 Å². The minimum Gasteiger partial charge on any atom is -0.488 e. The summed E-state index contributed by atoms with van der Waals surface area (Å²) in [6, 6.07) is 9.42. The van der Waals surface area contributed by atoms with Gasteiger partial charge in [0, 0.05) is 66.5 Å². The van der Waals surface area contributed by atoms with E-state index in [-0.39, 0.29) is 42.1 Å². The summed E-state index contributed by atoms with van der Waals surface area (Å²) in [5.74, 6) is -1.25. The number of nitrogens with one attached hydrogen (secondary N) is 1. The largest absolute Gasteiger partial charge is 0.488 e. The van der Waals surface area contributed by atoms with Crippen molar-refractivity contribution in [1.82, 2.24) is 14.8 Å². The number of hydrogen-bond acceptors (Lipinski definition) is 3. The topological polar surface area (TPSA) is 31.5 Å². The van der Waals surface area contributed by atoms with E-state index in [4.69, 9.17) is 4.74 Å². The molecule has 6 rings (SSSR count). The van der Waals surface area contributed by atoms with Crippen molar-refractivity contribution in [3.05, 3.63) is 64.9 Å². The summed E-state index contributed by atoms with van der Waals surface area (Å²) in [6.45, 7) is 6.89. The average Bonchev–Trinajstić information content (AvgIpc) is 3.49. The van der Waals surface area contributed by atoms with Gasteiger partial charge in [0.05, 0.1) is 12.7 Å². The summed E-state index contributed by atoms with van der Waals surface area (Å²) >= 11 is 0. The quantitative estimate of drug-likeness (QED) is 0.304. The molecule has 2 atom stereocenters. The number of ether oxygens (including phenoxy) is 1. The average molecular weight is 544 g/mol. The van der Waals surface area contributed by atoms with Gasteiger partial charge in [-0.05, 0) is 63.5 Å². The van der Waals surface area contributed by atoms with Crippen molar-refractivity contribution in [2.75, 3.05) is 32.9 Å². The molecule has 3 heterocycles. The molecule has 39 heavy (non-hydrogen) atoms. The van der Waals surface area contributed by atoms with Crippen LogP contribution in [0.25, 0.3) is 10.9 Å². The van der Waals surface area contributed by atoms with Gasteiger partial charge in [0.15, 0.2) is 0 Å². The van der Waals surface area contributed by atoms with E-state index in [2.05, 4.69) is 9.88 Å². The van der Waals surface area contributed by atoms with E-state index in [1.165, 1.54) is 26.0 Å². The zero-order valence-corrected chi connectivity index (χ0v) is 22.9. The Kier molecular flexibility index (Phi) is 6.70. The van der Waals surface area contributed by atoms with E-state index < -0.39 is 23.3 Å². The summed E-state index contributed by atoms with van der Waals surface area (Å²) in [7, 11) is 0. The van der Waals surface area contributed by atoms with Crippen molar-refractivity contribution >= 4 is 10.9 Å². The third-order valence-electron chi connectivity index (χ3n) is 8.77. The zero-order valence-electron chi connectivity index (χ0n) is 22.9. The van der Waals surface area contributed by atoms with Gasteiger partial charge in [0.1, 0.15) is 29.2 Å². The van der Waals surface area contributed by atoms with Crippen molar-refractivity contribution in [1.29, 1.82) is 0 Å². The fraction of sp³-hybridized carbons (Fsp3) is 0.548. The van der Waals surface area contributed by atoms with Crippen molar-refractivity contribution in [3.63, 3.8) is 0 Å². The third kappa shape index (κ3) is 5.18. The van der Waals surface area contributed by atoms with Gasteiger partial charge in [-0.1, -0.05) is 18.2 Å². The van der Waals surface area contributed by atoms with Gasteiger partial charge in [0.25, 0.3) is 0 Å². The maximum Gasteiger partial charge on any atom is 0.135 e. The minimum absolute atomic E-state index is 0.0343. The van der Waals surface area contributed by atoms with Gasteiger partial charge < -0.3 is 9.72 Å². The standard InChI is InChI=1S/C31H37F4N3O/c1-19-12-23-22-6-4-5-7-26(22)36-28(23)29(38(19)17-30(2,3)35)27-24(33)13-20(14-25(27)34)39-21-15-37(16-21)18-31(8-9-31)10-11-32/h4-7,13-14,19,21,29,36H,8-12,15-18H2,1-3H3/t19-,29-/m1/s1. The highest BCUT2D eigenvalue weighted by molar-refractivity contribution is 5.85. The molecule has 3 aromatic rings. The number of nitrogens with zero attached hydrogens (tertiary/aromatic N) is 2. The Morgan fingerprint density at radius 1 is 1.10 bits per heavy atom. The van der Waals surface area contributed by atoms with Gasteiger partial charge in [0.2, 0.25) is 0 Å². The third-order valence-corrected chi connectivity index (χ3v) is 8.77. The van der Waals surface area contributed by atoms with Crippen molar-refractivity contribution in [2.45, 2.75) is 70.3 Å². The minimum atomic E-state index is -1.55. The number of halogens is 4. The summed E-state index contributed by atoms with van der Waals surface area (Å²) in [5.41, 5.74) is 1.09. The second kappa shape index (κ2) is 9.81. The first kappa shape index (κ1) is 26.6. The maximum absolute atomic E-state index is 15.8. The molecule has 3 aliphatic rings. The number of H-pyrrole nitrogens is 1. The first-order valence-corrected chi connectivity index (χ1v) is 14.0. The molecule has 210 valence electrons. The molecular weight excluding hydrogens is 506 g/mol. The van der Waals surface area contributed by atoms with E-state index >= 15 is 8.78 Å². The van der Waals surface area contributed by atoms with Crippen molar-refractivity contribution in [3.8, 4) is 5.75 Å². The van der Waals surface area contributed by atoms with Gasteiger partial charge in [-0.3, -0.25) is 14.2 Å². The van der Waals surface area contributed by atoms with Crippen molar-refractivity contribution < 1.29 is 22.3 Å². The molecule has 2 aromatic carbocycles. The molecule has 0 bridgehead atoms. The number of hydrogen-bond donors (Lipinski definition) is 1. The van der Waals surface area contributed by atoms with Crippen LogP contribution in [-0.2, 0) is 6.42 Å². The first-order chi connectivity index (χ1) is 18.6.